The monoisotopic (exact) mass is 358 g/mol. The lowest BCUT2D eigenvalue weighted by atomic mass is 10.1. The van der Waals surface area contributed by atoms with Crippen molar-refractivity contribution >= 4 is 15.9 Å². The second-order valence-corrected chi connectivity index (χ2v) is 8.10. The van der Waals surface area contributed by atoms with Crippen LogP contribution in [0, 0.1) is 0 Å². The van der Waals surface area contributed by atoms with Gasteiger partial charge in [-0.05, 0) is 49.1 Å². The van der Waals surface area contributed by atoms with Gasteiger partial charge in [-0.15, -0.1) is 0 Å². The Morgan fingerprint density at radius 1 is 1.12 bits per heavy atom. The number of nitrogens with one attached hydrogen (secondary N) is 1. The van der Waals surface area contributed by atoms with Crippen LogP contribution in [0.5, 0.6) is 0 Å². The first-order valence-corrected chi connectivity index (χ1v) is 9.84. The van der Waals surface area contributed by atoms with Crippen molar-refractivity contribution in [1.82, 2.24) is 9.62 Å². The number of rotatable bonds is 5. The Hall–Kier alpha value is -2.18. The maximum atomic E-state index is 13.0. The smallest absolute Gasteiger partial charge is 0.251 e. The van der Waals surface area contributed by atoms with E-state index in [2.05, 4.69) is 5.32 Å². The Labute approximate surface area is 148 Å². The van der Waals surface area contributed by atoms with E-state index in [0.29, 0.717) is 12.1 Å². The van der Waals surface area contributed by atoms with E-state index in [1.54, 1.807) is 23.5 Å². The molecule has 0 spiro atoms. The molecule has 0 bridgehead atoms. The molecule has 1 aliphatic rings. The molecule has 6 heteroatoms. The maximum Gasteiger partial charge on any atom is 0.251 e. The van der Waals surface area contributed by atoms with E-state index in [0.717, 1.165) is 24.8 Å². The van der Waals surface area contributed by atoms with Gasteiger partial charge >= 0.3 is 0 Å². The van der Waals surface area contributed by atoms with Gasteiger partial charge in [-0.1, -0.05) is 30.3 Å². The van der Waals surface area contributed by atoms with E-state index in [1.165, 1.54) is 12.1 Å². The summed E-state index contributed by atoms with van der Waals surface area (Å²) in [5.41, 5.74) is 1.59. The minimum atomic E-state index is -3.56. The Morgan fingerprint density at radius 2 is 1.80 bits per heavy atom. The summed E-state index contributed by atoms with van der Waals surface area (Å²) in [6.45, 7) is 0.539. The summed E-state index contributed by atoms with van der Waals surface area (Å²) in [6, 6.07) is 16.1. The number of benzene rings is 2. The largest absolute Gasteiger partial charge is 0.355 e. The minimum absolute atomic E-state index is 0.0222. The first kappa shape index (κ1) is 17.6. The maximum absolute atomic E-state index is 13.0. The van der Waals surface area contributed by atoms with Crippen LogP contribution in [-0.2, 0) is 16.4 Å². The Bertz CT molecular complexity index is 833. The summed E-state index contributed by atoms with van der Waals surface area (Å²) in [7, 11) is -2.01. The predicted octanol–water partition coefficient (Wildman–Crippen LogP) is 2.44. The van der Waals surface area contributed by atoms with Crippen LogP contribution >= 0.6 is 0 Å². The molecule has 2 aromatic rings. The zero-order valence-corrected chi connectivity index (χ0v) is 15.0. The molecule has 0 radical (unpaired) electrons. The average molecular weight is 358 g/mol. The molecule has 1 heterocycles. The molecular weight excluding hydrogens is 336 g/mol. The van der Waals surface area contributed by atoms with Crippen molar-refractivity contribution < 1.29 is 13.2 Å². The van der Waals surface area contributed by atoms with Crippen LogP contribution in [0.2, 0.25) is 0 Å². The molecule has 1 N–H and O–H groups in total. The second kappa shape index (κ2) is 7.37. The minimum Gasteiger partial charge on any atom is -0.355 e. The lowest BCUT2D eigenvalue weighted by molar-refractivity contribution is 0.0963. The SMILES string of the molecule is CNC(=O)c1ccc(S(=O)(=O)N2CCCC2Cc2ccccc2)cc1. The second-order valence-electron chi connectivity index (χ2n) is 6.21. The third-order valence-electron chi connectivity index (χ3n) is 4.59. The van der Waals surface area contributed by atoms with Gasteiger partial charge in [0.05, 0.1) is 4.90 Å². The van der Waals surface area contributed by atoms with Gasteiger partial charge in [0.1, 0.15) is 0 Å². The topological polar surface area (TPSA) is 66.5 Å². The molecule has 1 atom stereocenters. The van der Waals surface area contributed by atoms with Gasteiger partial charge < -0.3 is 5.32 Å². The van der Waals surface area contributed by atoms with Crippen molar-refractivity contribution in [2.45, 2.75) is 30.2 Å². The predicted molar refractivity (Wildman–Crippen MR) is 96.9 cm³/mol. The summed E-state index contributed by atoms with van der Waals surface area (Å²) in [4.78, 5) is 11.9. The van der Waals surface area contributed by atoms with Crippen molar-refractivity contribution in [1.29, 1.82) is 0 Å². The summed E-state index contributed by atoms with van der Waals surface area (Å²) in [5, 5.41) is 2.53. The molecule has 1 amide bonds. The molecule has 3 rings (SSSR count). The van der Waals surface area contributed by atoms with E-state index in [4.69, 9.17) is 0 Å². The fraction of sp³-hybridized carbons (Fsp3) is 0.316. The quantitative estimate of drug-likeness (QED) is 0.893. The molecule has 1 saturated heterocycles. The molecule has 0 aliphatic carbocycles. The lowest BCUT2D eigenvalue weighted by Crippen LogP contribution is -2.36. The van der Waals surface area contributed by atoms with Gasteiger partial charge in [0.15, 0.2) is 0 Å². The van der Waals surface area contributed by atoms with Crippen LogP contribution in [0.4, 0.5) is 0 Å². The van der Waals surface area contributed by atoms with Gasteiger partial charge in [0.2, 0.25) is 10.0 Å². The summed E-state index contributed by atoms with van der Waals surface area (Å²) >= 11 is 0. The molecule has 2 aromatic carbocycles. The molecule has 0 saturated carbocycles. The van der Waals surface area contributed by atoms with Crippen molar-refractivity contribution in [3.8, 4) is 0 Å². The molecule has 1 fully saturated rings. The third kappa shape index (κ3) is 3.75. The highest BCUT2D eigenvalue weighted by molar-refractivity contribution is 7.89. The Kier molecular flexibility index (Phi) is 5.20. The molecule has 132 valence electrons. The molecular formula is C19H22N2O3S. The normalized spacial score (nSPS) is 18.2. The molecule has 5 nitrogen and oxygen atoms in total. The van der Waals surface area contributed by atoms with E-state index in [9.17, 15) is 13.2 Å². The van der Waals surface area contributed by atoms with Crippen molar-refractivity contribution in [2.24, 2.45) is 0 Å². The number of nitrogens with zero attached hydrogens (tertiary/aromatic N) is 1. The molecule has 0 aromatic heterocycles. The lowest BCUT2D eigenvalue weighted by Gasteiger charge is -2.24. The van der Waals surface area contributed by atoms with Crippen LogP contribution in [-0.4, -0.2) is 38.3 Å². The summed E-state index contributed by atoms with van der Waals surface area (Å²) in [5.74, 6) is -0.230. The van der Waals surface area contributed by atoms with Gasteiger partial charge in [0, 0.05) is 25.2 Å². The first-order valence-electron chi connectivity index (χ1n) is 8.40. The van der Waals surface area contributed by atoms with Gasteiger partial charge in [-0.3, -0.25) is 4.79 Å². The molecule has 1 unspecified atom stereocenters. The van der Waals surface area contributed by atoms with Crippen molar-refractivity contribution in [2.75, 3.05) is 13.6 Å². The zero-order valence-electron chi connectivity index (χ0n) is 14.2. The van der Waals surface area contributed by atoms with Crippen LogP contribution in [0.1, 0.15) is 28.8 Å². The van der Waals surface area contributed by atoms with Crippen LogP contribution < -0.4 is 5.32 Å². The fourth-order valence-electron chi connectivity index (χ4n) is 3.27. The number of amides is 1. The van der Waals surface area contributed by atoms with Crippen LogP contribution in [0.15, 0.2) is 59.5 Å². The zero-order chi connectivity index (χ0) is 17.9. The summed E-state index contributed by atoms with van der Waals surface area (Å²) < 4.78 is 27.6. The highest BCUT2D eigenvalue weighted by atomic mass is 32.2. The van der Waals surface area contributed by atoms with Crippen molar-refractivity contribution in [3.05, 3.63) is 65.7 Å². The van der Waals surface area contributed by atoms with Gasteiger partial charge in [-0.25, -0.2) is 8.42 Å². The first-order chi connectivity index (χ1) is 12.0. The number of sulfonamides is 1. The molecule has 25 heavy (non-hydrogen) atoms. The standard InChI is InChI=1S/C19H22N2O3S/c1-20-19(22)16-9-11-18(12-10-16)25(23,24)21-13-5-8-17(21)14-15-6-3-2-4-7-15/h2-4,6-7,9-12,17H,5,8,13-14H2,1H3,(H,20,22). The van der Waals surface area contributed by atoms with E-state index >= 15 is 0 Å². The van der Waals surface area contributed by atoms with E-state index in [-0.39, 0.29) is 16.8 Å². The average Bonchev–Trinajstić information content (AvgIpc) is 3.11. The van der Waals surface area contributed by atoms with Crippen molar-refractivity contribution in [3.63, 3.8) is 0 Å². The Morgan fingerprint density at radius 3 is 2.44 bits per heavy atom. The van der Waals surface area contributed by atoms with E-state index < -0.39 is 10.0 Å². The number of carbonyl (C=O) groups is 1. The number of hydrogen-bond donors (Lipinski definition) is 1. The number of carbonyl (C=O) groups excluding carboxylic acids is 1. The van der Waals surface area contributed by atoms with Crippen LogP contribution in [0.3, 0.4) is 0 Å². The Balaban J connectivity index is 1.82. The van der Waals surface area contributed by atoms with Gasteiger partial charge in [-0.2, -0.15) is 4.31 Å². The van der Waals surface area contributed by atoms with Gasteiger partial charge in [0.25, 0.3) is 5.91 Å². The van der Waals surface area contributed by atoms with E-state index in [1.807, 2.05) is 30.3 Å². The fourth-order valence-corrected chi connectivity index (χ4v) is 4.97. The number of hydrogen-bond acceptors (Lipinski definition) is 3. The highest BCUT2D eigenvalue weighted by Gasteiger charge is 2.35. The van der Waals surface area contributed by atoms with Crippen LogP contribution in [0.25, 0.3) is 0 Å². The molecule has 1 aliphatic heterocycles. The highest BCUT2D eigenvalue weighted by Crippen LogP contribution is 2.28. The third-order valence-corrected chi connectivity index (χ3v) is 6.55. The summed E-state index contributed by atoms with van der Waals surface area (Å²) in [6.07, 6.45) is 2.45.